The summed E-state index contributed by atoms with van der Waals surface area (Å²) in [7, 11) is 0. The lowest BCUT2D eigenvalue weighted by Gasteiger charge is -2.06. The summed E-state index contributed by atoms with van der Waals surface area (Å²) in [6.45, 7) is 1.63. The second-order valence-corrected chi connectivity index (χ2v) is 3.77. The normalized spacial score (nSPS) is 10.6. The maximum absolute atomic E-state index is 12.3. The minimum atomic E-state index is -2.69. The molecule has 1 rings (SSSR count). The average molecular weight is 312 g/mol. The smallest absolute Gasteiger partial charge is 0.280 e. The molecule has 1 heterocycles. The van der Waals surface area contributed by atoms with E-state index in [1.807, 2.05) is 22.6 Å². The first-order valence-corrected chi connectivity index (χ1v) is 4.76. The Kier molecular flexibility index (Phi) is 3.35. The maximum atomic E-state index is 12.3. The molecular formula is C8H7F2IN2O. The van der Waals surface area contributed by atoms with Crippen LogP contribution in [0.2, 0.25) is 0 Å². The van der Waals surface area contributed by atoms with E-state index in [1.165, 1.54) is 6.07 Å². The topological polar surface area (TPSA) is 56.0 Å². The third-order valence-electron chi connectivity index (χ3n) is 1.62. The van der Waals surface area contributed by atoms with E-state index in [2.05, 4.69) is 4.98 Å². The molecule has 3 nitrogen and oxygen atoms in total. The first-order valence-electron chi connectivity index (χ1n) is 3.68. The largest absolute Gasteiger partial charge is 0.364 e. The molecule has 6 heteroatoms. The Morgan fingerprint density at radius 1 is 1.64 bits per heavy atom. The van der Waals surface area contributed by atoms with Gasteiger partial charge in [0.2, 0.25) is 0 Å². The van der Waals surface area contributed by atoms with Gasteiger partial charge < -0.3 is 5.73 Å². The first-order chi connectivity index (χ1) is 6.43. The van der Waals surface area contributed by atoms with Gasteiger partial charge in [0.15, 0.2) is 0 Å². The molecule has 2 N–H and O–H groups in total. The molecule has 1 aromatic heterocycles. The molecule has 1 aromatic rings. The Morgan fingerprint density at radius 3 is 2.64 bits per heavy atom. The van der Waals surface area contributed by atoms with Gasteiger partial charge in [0.05, 0.1) is 0 Å². The van der Waals surface area contributed by atoms with Crippen LogP contribution in [-0.4, -0.2) is 10.9 Å². The minimum Gasteiger partial charge on any atom is -0.364 e. The van der Waals surface area contributed by atoms with Crippen LogP contribution in [0.15, 0.2) is 6.07 Å². The molecule has 14 heavy (non-hydrogen) atoms. The molecule has 0 saturated carbocycles. The monoisotopic (exact) mass is 312 g/mol. The molecule has 0 atom stereocenters. The number of nitrogens with two attached hydrogens (primary N) is 1. The average Bonchev–Trinajstić information content (AvgIpc) is 2.08. The lowest BCUT2D eigenvalue weighted by atomic mass is 10.2. The number of carbonyl (C=O) groups excluding carboxylic acids is 1. The fraction of sp³-hybridized carbons (Fsp3) is 0.250. The summed E-state index contributed by atoms with van der Waals surface area (Å²) in [5.41, 5.74) is 5.06. The van der Waals surface area contributed by atoms with Gasteiger partial charge in [0.1, 0.15) is 11.4 Å². The van der Waals surface area contributed by atoms with Gasteiger partial charge in [-0.25, -0.2) is 13.8 Å². The van der Waals surface area contributed by atoms with Crippen molar-refractivity contribution in [3.8, 4) is 0 Å². The number of amides is 1. The van der Waals surface area contributed by atoms with Crippen molar-refractivity contribution in [3.63, 3.8) is 0 Å². The van der Waals surface area contributed by atoms with Crippen LogP contribution >= 0.6 is 22.6 Å². The first kappa shape index (κ1) is 11.3. The molecule has 1 amide bonds. The highest BCUT2D eigenvalue weighted by Gasteiger charge is 2.16. The van der Waals surface area contributed by atoms with Gasteiger partial charge >= 0.3 is 0 Å². The van der Waals surface area contributed by atoms with Gasteiger partial charge in [-0.1, -0.05) is 0 Å². The lowest BCUT2D eigenvalue weighted by molar-refractivity contribution is 0.0992. The summed E-state index contributed by atoms with van der Waals surface area (Å²) in [6.07, 6.45) is -2.69. The van der Waals surface area contributed by atoms with Gasteiger partial charge in [-0.3, -0.25) is 4.79 Å². The SMILES string of the molecule is Cc1cc(C(F)F)nc(C(N)=O)c1I. The minimum absolute atomic E-state index is 0.0964. The Balaban J connectivity index is 3.35. The standard InChI is InChI=1S/C8H7F2IN2O/c1-3-2-4(7(9)10)13-6(5(3)11)8(12)14/h2,7H,1H3,(H2,12,14). The summed E-state index contributed by atoms with van der Waals surface area (Å²) in [5, 5.41) is 0. The van der Waals surface area contributed by atoms with Crippen LogP contribution in [0.5, 0.6) is 0 Å². The van der Waals surface area contributed by atoms with Crippen LogP contribution in [0, 0.1) is 10.5 Å². The van der Waals surface area contributed by atoms with E-state index in [0.29, 0.717) is 9.13 Å². The molecule has 0 saturated heterocycles. The molecule has 0 radical (unpaired) electrons. The van der Waals surface area contributed by atoms with Crippen molar-refractivity contribution in [1.29, 1.82) is 0 Å². The van der Waals surface area contributed by atoms with E-state index in [4.69, 9.17) is 5.73 Å². The summed E-state index contributed by atoms with van der Waals surface area (Å²) >= 11 is 1.85. The number of hydrogen-bond acceptors (Lipinski definition) is 2. The van der Waals surface area contributed by atoms with Crippen LogP contribution in [-0.2, 0) is 0 Å². The highest BCUT2D eigenvalue weighted by atomic mass is 127. The zero-order chi connectivity index (χ0) is 10.9. The third-order valence-corrected chi connectivity index (χ3v) is 2.98. The molecule has 0 spiro atoms. The van der Waals surface area contributed by atoms with E-state index in [1.54, 1.807) is 6.92 Å². The number of aryl methyl sites for hydroxylation is 1. The van der Waals surface area contributed by atoms with Crippen molar-refractivity contribution in [2.45, 2.75) is 13.3 Å². The van der Waals surface area contributed by atoms with Crippen molar-refractivity contribution in [2.75, 3.05) is 0 Å². The lowest BCUT2D eigenvalue weighted by Crippen LogP contribution is -2.17. The van der Waals surface area contributed by atoms with E-state index < -0.39 is 18.0 Å². The van der Waals surface area contributed by atoms with Crippen LogP contribution < -0.4 is 5.73 Å². The molecule has 0 unspecified atom stereocenters. The molecule has 76 valence electrons. The Bertz CT molecular complexity index is 382. The molecule has 0 aliphatic rings. The van der Waals surface area contributed by atoms with Gasteiger partial charge in [0.25, 0.3) is 12.3 Å². The highest BCUT2D eigenvalue weighted by Crippen LogP contribution is 2.22. The summed E-state index contributed by atoms with van der Waals surface area (Å²) in [4.78, 5) is 14.4. The molecular weight excluding hydrogens is 305 g/mol. The Hall–Kier alpha value is -0.790. The van der Waals surface area contributed by atoms with Gasteiger partial charge in [-0.2, -0.15) is 0 Å². The fourth-order valence-electron chi connectivity index (χ4n) is 0.957. The molecule has 0 bridgehead atoms. The van der Waals surface area contributed by atoms with Crippen LogP contribution in [0.3, 0.4) is 0 Å². The second kappa shape index (κ2) is 4.16. The molecule has 0 aromatic carbocycles. The zero-order valence-corrected chi connectivity index (χ0v) is 9.38. The predicted molar refractivity (Wildman–Crippen MR) is 55.2 cm³/mol. The number of pyridine rings is 1. The summed E-state index contributed by atoms with van der Waals surface area (Å²) in [5.74, 6) is -0.792. The molecule has 0 aliphatic carbocycles. The van der Waals surface area contributed by atoms with E-state index in [-0.39, 0.29) is 5.69 Å². The Labute approximate surface area is 92.8 Å². The van der Waals surface area contributed by atoms with Gasteiger partial charge in [-0.15, -0.1) is 0 Å². The number of nitrogens with zero attached hydrogens (tertiary/aromatic N) is 1. The van der Waals surface area contributed by atoms with Crippen LogP contribution in [0.4, 0.5) is 8.78 Å². The van der Waals surface area contributed by atoms with Crippen molar-refractivity contribution < 1.29 is 13.6 Å². The zero-order valence-electron chi connectivity index (χ0n) is 7.22. The number of hydrogen-bond donors (Lipinski definition) is 1. The van der Waals surface area contributed by atoms with E-state index >= 15 is 0 Å². The second-order valence-electron chi connectivity index (χ2n) is 2.69. The van der Waals surface area contributed by atoms with E-state index in [0.717, 1.165) is 0 Å². The van der Waals surface area contributed by atoms with Crippen molar-refractivity contribution in [2.24, 2.45) is 5.73 Å². The van der Waals surface area contributed by atoms with Crippen LogP contribution in [0.25, 0.3) is 0 Å². The molecule has 0 aliphatic heterocycles. The number of primary amides is 1. The van der Waals surface area contributed by atoms with Gasteiger partial charge in [-0.05, 0) is 41.1 Å². The number of carbonyl (C=O) groups is 1. The number of rotatable bonds is 2. The summed E-state index contributed by atoms with van der Waals surface area (Å²) < 4.78 is 25.1. The highest BCUT2D eigenvalue weighted by molar-refractivity contribution is 14.1. The number of halogens is 3. The number of aromatic nitrogens is 1. The Morgan fingerprint density at radius 2 is 2.21 bits per heavy atom. The van der Waals surface area contributed by atoms with Crippen molar-refractivity contribution >= 4 is 28.5 Å². The van der Waals surface area contributed by atoms with Crippen LogP contribution in [0.1, 0.15) is 28.2 Å². The van der Waals surface area contributed by atoms with Crippen molar-refractivity contribution in [3.05, 3.63) is 26.6 Å². The number of alkyl halides is 2. The summed E-state index contributed by atoms with van der Waals surface area (Å²) in [6, 6.07) is 1.25. The molecule has 0 fully saturated rings. The third kappa shape index (κ3) is 2.17. The van der Waals surface area contributed by atoms with Crippen molar-refractivity contribution in [1.82, 2.24) is 4.98 Å². The quantitative estimate of drug-likeness (QED) is 0.850. The van der Waals surface area contributed by atoms with E-state index in [9.17, 15) is 13.6 Å². The predicted octanol–water partition coefficient (Wildman–Crippen LogP) is 2.03. The maximum Gasteiger partial charge on any atom is 0.280 e. The fourth-order valence-corrected chi connectivity index (χ4v) is 1.50. The van der Waals surface area contributed by atoms with Gasteiger partial charge in [0, 0.05) is 3.57 Å².